The zero-order valence-corrected chi connectivity index (χ0v) is 11.5. The monoisotopic (exact) mass is 289 g/mol. The molecule has 0 atom stereocenters. The van der Waals surface area contributed by atoms with E-state index < -0.39 is 0 Å². The lowest BCUT2D eigenvalue weighted by Gasteiger charge is -2.06. The highest BCUT2D eigenvalue weighted by atomic mass is 32.2. The van der Waals surface area contributed by atoms with Crippen LogP contribution in [0.2, 0.25) is 0 Å². The van der Waals surface area contributed by atoms with Gasteiger partial charge in [-0.25, -0.2) is 0 Å². The Morgan fingerprint density at radius 2 is 1.79 bits per heavy atom. The molecule has 0 unspecified atom stereocenters. The maximum absolute atomic E-state index is 10.2. The first kappa shape index (κ1) is 12.2. The fourth-order valence-electron chi connectivity index (χ4n) is 1.80. The van der Waals surface area contributed by atoms with Gasteiger partial charge in [0.15, 0.2) is 5.88 Å². The van der Waals surface area contributed by atoms with Gasteiger partial charge in [-0.15, -0.1) is 11.3 Å². The molecule has 0 saturated carbocycles. The van der Waals surface area contributed by atoms with Crippen molar-refractivity contribution in [2.75, 3.05) is 0 Å². The summed E-state index contributed by atoms with van der Waals surface area (Å²) in [7, 11) is 0. The van der Waals surface area contributed by atoms with Crippen LogP contribution in [0.3, 0.4) is 0 Å². The SMILES string of the molecule is Oc1cc(Sc2cccs2)c(O)n1-c1ccccc1. The van der Waals surface area contributed by atoms with E-state index in [1.807, 2.05) is 47.8 Å². The molecular formula is C14H11NO2S2. The van der Waals surface area contributed by atoms with Crippen LogP contribution in [0.5, 0.6) is 11.8 Å². The maximum Gasteiger partial charge on any atom is 0.213 e. The van der Waals surface area contributed by atoms with Crippen LogP contribution in [0.4, 0.5) is 0 Å². The molecule has 2 heterocycles. The van der Waals surface area contributed by atoms with Crippen molar-refractivity contribution >= 4 is 23.1 Å². The van der Waals surface area contributed by atoms with Crippen molar-refractivity contribution in [3.63, 3.8) is 0 Å². The Morgan fingerprint density at radius 3 is 2.47 bits per heavy atom. The van der Waals surface area contributed by atoms with Crippen LogP contribution in [0.1, 0.15) is 0 Å². The lowest BCUT2D eigenvalue weighted by molar-refractivity contribution is 0.398. The average molecular weight is 289 g/mol. The smallest absolute Gasteiger partial charge is 0.213 e. The molecule has 0 aliphatic heterocycles. The molecule has 0 amide bonds. The molecule has 3 rings (SSSR count). The highest BCUT2D eigenvalue weighted by Crippen LogP contribution is 2.42. The van der Waals surface area contributed by atoms with Gasteiger partial charge in [-0.05, 0) is 23.6 Å². The largest absolute Gasteiger partial charge is 0.494 e. The molecule has 0 bridgehead atoms. The number of nitrogens with zero attached hydrogens (tertiary/aromatic N) is 1. The van der Waals surface area contributed by atoms with Crippen LogP contribution in [0, 0.1) is 0 Å². The van der Waals surface area contributed by atoms with Crippen molar-refractivity contribution in [1.82, 2.24) is 4.57 Å². The summed E-state index contributed by atoms with van der Waals surface area (Å²) in [5, 5.41) is 22.2. The van der Waals surface area contributed by atoms with Gasteiger partial charge in [-0.3, -0.25) is 4.57 Å². The number of aromatic hydroxyl groups is 2. The van der Waals surface area contributed by atoms with Crippen LogP contribution >= 0.6 is 23.1 Å². The number of benzene rings is 1. The summed E-state index contributed by atoms with van der Waals surface area (Å²) >= 11 is 3.04. The van der Waals surface area contributed by atoms with Gasteiger partial charge in [0.05, 0.1) is 14.8 Å². The van der Waals surface area contributed by atoms with Crippen molar-refractivity contribution in [3.8, 4) is 17.4 Å². The first-order chi connectivity index (χ1) is 9.25. The molecule has 2 N–H and O–H groups in total. The van der Waals surface area contributed by atoms with Crippen LogP contribution in [0.25, 0.3) is 5.69 Å². The Labute approximate surface area is 118 Å². The normalized spacial score (nSPS) is 10.7. The molecule has 96 valence electrons. The Kier molecular flexibility index (Phi) is 3.23. The van der Waals surface area contributed by atoms with Crippen molar-refractivity contribution in [2.24, 2.45) is 0 Å². The van der Waals surface area contributed by atoms with Crippen molar-refractivity contribution in [1.29, 1.82) is 0 Å². The van der Waals surface area contributed by atoms with Gasteiger partial charge >= 0.3 is 0 Å². The van der Waals surface area contributed by atoms with E-state index in [4.69, 9.17) is 0 Å². The fourth-order valence-corrected chi connectivity index (χ4v) is 3.59. The molecule has 3 nitrogen and oxygen atoms in total. The molecule has 0 aliphatic rings. The van der Waals surface area contributed by atoms with Gasteiger partial charge in [0.2, 0.25) is 5.88 Å². The average Bonchev–Trinajstić information content (AvgIpc) is 3.01. The van der Waals surface area contributed by atoms with E-state index in [2.05, 4.69) is 0 Å². The topological polar surface area (TPSA) is 45.4 Å². The van der Waals surface area contributed by atoms with Crippen LogP contribution < -0.4 is 0 Å². The second-order valence-electron chi connectivity index (χ2n) is 3.90. The molecule has 5 heteroatoms. The summed E-state index contributed by atoms with van der Waals surface area (Å²) in [6.07, 6.45) is 0. The quantitative estimate of drug-likeness (QED) is 0.763. The second kappa shape index (κ2) is 5.03. The number of thiophene rings is 1. The lowest BCUT2D eigenvalue weighted by Crippen LogP contribution is -1.91. The van der Waals surface area contributed by atoms with E-state index in [9.17, 15) is 10.2 Å². The van der Waals surface area contributed by atoms with Gasteiger partial charge in [0.25, 0.3) is 0 Å². The van der Waals surface area contributed by atoms with Gasteiger partial charge in [0, 0.05) is 6.07 Å². The number of rotatable bonds is 3. The lowest BCUT2D eigenvalue weighted by atomic mass is 10.3. The molecule has 0 fully saturated rings. The first-order valence-electron chi connectivity index (χ1n) is 5.66. The van der Waals surface area contributed by atoms with Crippen molar-refractivity contribution < 1.29 is 10.2 Å². The van der Waals surface area contributed by atoms with E-state index >= 15 is 0 Å². The van der Waals surface area contributed by atoms with Crippen LogP contribution in [0.15, 0.2) is 63.0 Å². The minimum atomic E-state index is 0.0303. The second-order valence-corrected chi connectivity index (χ2v) is 6.19. The van der Waals surface area contributed by atoms with Crippen LogP contribution in [-0.2, 0) is 0 Å². The number of para-hydroxylation sites is 1. The van der Waals surface area contributed by atoms with E-state index in [1.54, 1.807) is 17.4 Å². The predicted molar refractivity (Wildman–Crippen MR) is 77.5 cm³/mol. The highest BCUT2D eigenvalue weighted by molar-refractivity contribution is 8.01. The van der Waals surface area contributed by atoms with Gasteiger partial charge < -0.3 is 10.2 Å². The first-order valence-corrected chi connectivity index (χ1v) is 7.36. The standard InChI is InChI=1S/C14H11NO2S2/c16-12-9-11(19-13-7-4-8-18-13)14(17)15(12)10-5-2-1-3-6-10/h1-9,16-17H. The summed E-state index contributed by atoms with van der Waals surface area (Å²) in [5.74, 6) is 0.0878. The van der Waals surface area contributed by atoms with E-state index in [0.717, 1.165) is 9.90 Å². The molecule has 1 aromatic carbocycles. The van der Waals surface area contributed by atoms with Gasteiger partial charge in [-0.1, -0.05) is 36.0 Å². The summed E-state index contributed by atoms with van der Waals surface area (Å²) in [6.45, 7) is 0. The highest BCUT2D eigenvalue weighted by Gasteiger charge is 2.16. The fraction of sp³-hybridized carbons (Fsp3) is 0. The van der Waals surface area contributed by atoms with Gasteiger partial charge in [-0.2, -0.15) is 0 Å². The summed E-state index contributed by atoms with van der Waals surface area (Å²) < 4.78 is 2.50. The van der Waals surface area contributed by atoms with E-state index in [-0.39, 0.29) is 11.8 Å². The summed E-state index contributed by atoms with van der Waals surface area (Å²) in [4.78, 5) is 0.642. The number of aromatic nitrogens is 1. The van der Waals surface area contributed by atoms with Crippen molar-refractivity contribution in [3.05, 3.63) is 53.9 Å². The summed E-state index contributed by atoms with van der Waals surface area (Å²) in [5.41, 5.74) is 0.732. The summed E-state index contributed by atoms with van der Waals surface area (Å²) in [6, 6.07) is 14.8. The zero-order chi connectivity index (χ0) is 13.2. The molecule has 3 aromatic rings. The number of hydrogen-bond donors (Lipinski definition) is 2. The minimum absolute atomic E-state index is 0.0303. The Morgan fingerprint density at radius 1 is 1.00 bits per heavy atom. The van der Waals surface area contributed by atoms with Gasteiger partial charge in [0.1, 0.15) is 0 Å². The van der Waals surface area contributed by atoms with E-state index in [1.165, 1.54) is 16.3 Å². The molecular weight excluding hydrogens is 278 g/mol. The predicted octanol–water partition coefficient (Wildman–Crippen LogP) is 4.10. The molecule has 19 heavy (non-hydrogen) atoms. The van der Waals surface area contributed by atoms with Crippen LogP contribution in [-0.4, -0.2) is 14.8 Å². The molecule has 2 aromatic heterocycles. The molecule has 0 spiro atoms. The minimum Gasteiger partial charge on any atom is -0.494 e. The Balaban J connectivity index is 2.01. The third-order valence-corrected chi connectivity index (χ3v) is 4.70. The van der Waals surface area contributed by atoms with Crippen molar-refractivity contribution in [2.45, 2.75) is 9.10 Å². The van der Waals surface area contributed by atoms with E-state index in [0.29, 0.717) is 4.90 Å². The Bertz CT molecular complexity index is 675. The third-order valence-electron chi connectivity index (χ3n) is 2.64. The molecule has 0 aliphatic carbocycles. The zero-order valence-electron chi connectivity index (χ0n) is 9.85. The Hall–Kier alpha value is -1.85. The molecule has 0 radical (unpaired) electrons. The maximum atomic E-state index is 10.2. The number of hydrogen-bond acceptors (Lipinski definition) is 4. The third kappa shape index (κ3) is 2.34. The molecule has 0 saturated heterocycles.